The summed E-state index contributed by atoms with van der Waals surface area (Å²) < 4.78 is 13.5. The topological polar surface area (TPSA) is 83.6 Å². The lowest BCUT2D eigenvalue weighted by Gasteiger charge is -2.22. The molecular formula is C10H13BFNO4. The van der Waals surface area contributed by atoms with Crippen molar-refractivity contribution < 1.29 is 19.4 Å². The van der Waals surface area contributed by atoms with Gasteiger partial charge in [-0.2, -0.15) is 4.39 Å². The second kappa shape index (κ2) is 4.42. The molecule has 0 aliphatic carbocycles. The Kier molecular flexibility index (Phi) is 3.54. The highest BCUT2D eigenvalue weighted by atomic mass is 19.1. The lowest BCUT2D eigenvalue weighted by atomic mass is 9.69. The average molecular weight is 241 g/mol. The number of halogens is 1. The van der Waals surface area contributed by atoms with Gasteiger partial charge in [-0.3, -0.25) is 10.1 Å². The Morgan fingerprint density at radius 3 is 2.24 bits per heavy atom. The van der Waals surface area contributed by atoms with Crippen LogP contribution in [-0.2, 0) is 5.41 Å². The van der Waals surface area contributed by atoms with Gasteiger partial charge in [0.25, 0.3) is 0 Å². The summed E-state index contributed by atoms with van der Waals surface area (Å²) in [5, 5.41) is 29.2. The molecule has 0 saturated heterocycles. The van der Waals surface area contributed by atoms with Gasteiger partial charge >= 0.3 is 12.8 Å². The van der Waals surface area contributed by atoms with Crippen molar-refractivity contribution in [3.05, 3.63) is 33.6 Å². The van der Waals surface area contributed by atoms with E-state index in [2.05, 4.69) is 0 Å². The molecule has 0 unspecified atom stereocenters. The quantitative estimate of drug-likeness (QED) is 0.453. The van der Waals surface area contributed by atoms with E-state index in [1.165, 1.54) is 0 Å². The van der Waals surface area contributed by atoms with Gasteiger partial charge in [0, 0.05) is 5.56 Å². The molecule has 92 valence electrons. The third-order valence-electron chi connectivity index (χ3n) is 2.37. The van der Waals surface area contributed by atoms with Crippen LogP contribution in [0.1, 0.15) is 26.3 Å². The maximum absolute atomic E-state index is 13.5. The summed E-state index contributed by atoms with van der Waals surface area (Å²) in [6.07, 6.45) is 0. The summed E-state index contributed by atoms with van der Waals surface area (Å²) in [6.45, 7) is 4.92. The van der Waals surface area contributed by atoms with Gasteiger partial charge in [0.2, 0.25) is 5.82 Å². The summed E-state index contributed by atoms with van der Waals surface area (Å²) >= 11 is 0. The van der Waals surface area contributed by atoms with Crippen LogP contribution in [0.3, 0.4) is 0 Å². The first kappa shape index (κ1) is 13.6. The summed E-state index contributed by atoms with van der Waals surface area (Å²) in [5.41, 5.74) is -1.53. The maximum atomic E-state index is 13.5. The monoisotopic (exact) mass is 241 g/mol. The lowest BCUT2D eigenvalue weighted by molar-refractivity contribution is -0.388. The van der Waals surface area contributed by atoms with Gasteiger partial charge in [-0.05, 0) is 16.9 Å². The highest BCUT2D eigenvalue weighted by Gasteiger charge is 2.34. The molecule has 0 aliphatic heterocycles. The smallest absolute Gasteiger partial charge is 0.423 e. The van der Waals surface area contributed by atoms with Gasteiger partial charge in [-0.1, -0.05) is 26.8 Å². The molecule has 0 spiro atoms. The van der Waals surface area contributed by atoms with Crippen molar-refractivity contribution >= 4 is 18.3 Å². The SMILES string of the molecule is CC(C)(C)c1c(B(O)O)ccc(F)c1[N+](=O)[O-]. The van der Waals surface area contributed by atoms with E-state index in [1.807, 2.05) is 0 Å². The Morgan fingerprint density at radius 2 is 1.88 bits per heavy atom. The zero-order valence-electron chi connectivity index (χ0n) is 9.77. The number of nitrogens with zero attached hydrogens (tertiary/aromatic N) is 1. The fraction of sp³-hybridized carbons (Fsp3) is 0.400. The number of hydrogen-bond acceptors (Lipinski definition) is 4. The Hall–Kier alpha value is -1.47. The highest BCUT2D eigenvalue weighted by Crippen LogP contribution is 2.31. The Morgan fingerprint density at radius 1 is 1.35 bits per heavy atom. The zero-order valence-corrected chi connectivity index (χ0v) is 9.77. The number of nitro benzene ring substituents is 1. The number of hydrogen-bond donors (Lipinski definition) is 2. The van der Waals surface area contributed by atoms with Gasteiger partial charge in [-0.25, -0.2) is 0 Å². The molecule has 0 bridgehead atoms. The van der Waals surface area contributed by atoms with Crippen molar-refractivity contribution in [2.24, 2.45) is 0 Å². The van der Waals surface area contributed by atoms with E-state index in [0.717, 1.165) is 12.1 Å². The Bertz CT molecular complexity index is 456. The molecule has 5 nitrogen and oxygen atoms in total. The van der Waals surface area contributed by atoms with E-state index in [4.69, 9.17) is 0 Å². The van der Waals surface area contributed by atoms with Crippen molar-refractivity contribution in [3.8, 4) is 0 Å². The number of benzene rings is 1. The molecule has 1 aromatic carbocycles. The van der Waals surface area contributed by atoms with Crippen LogP contribution in [0, 0.1) is 15.9 Å². The van der Waals surface area contributed by atoms with E-state index in [9.17, 15) is 24.6 Å². The summed E-state index contributed by atoms with van der Waals surface area (Å²) in [7, 11) is -1.87. The van der Waals surface area contributed by atoms with E-state index < -0.39 is 29.0 Å². The molecule has 2 N–H and O–H groups in total. The molecule has 7 heteroatoms. The highest BCUT2D eigenvalue weighted by molar-refractivity contribution is 6.59. The third-order valence-corrected chi connectivity index (χ3v) is 2.37. The van der Waals surface area contributed by atoms with Crippen molar-refractivity contribution in [1.29, 1.82) is 0 Å². The largest absolute Gasteiger partial charge is 0.488 e. The van der Waals surface area contributed by atoms with Crippen LogP contribution >= 0.6 is 0 Å². The molecule has 17 heavy (non-hydrogen) atoms. The second-order valence-electron chi connectivity index (χ2n) is 4.74. The number of rotatable bonds is 2. The fourth-order valence-corrected chi connectivity index (χ4v) is 1.76. The van der Waals surface area contributed by atoms with Gasteiger partial charge in [-0.15, -0.1) is 0 Å². The normalized spacial score (nSPS) is 11.4. The van der Waals surface area contributed by atoms with Crippen molar-refractivity contribution in [1.82, 2.24) is 0 Å². The molecule has 0 atom stereocenters. The van der Waals surface area contributed by atoms with Gasteiger partial charge in [0.15, 0.2) is 0 Å². The number of nitro groups is 1. The molecule has 0 aromatic heterocycles. The van der Waals surface area contributed by atoms with Crippen LogP contribution in [-0.4, -0.2) is 22.1 Å². The molecule has 0 radical (unpaired) electrons. The predicted molar refractivity (Wildman–Crippen MR) is 61.6 cm³/mol. The van der Waals surface area contributed by atoms with E-state index >= 15 is 0 Å². The molecular weight excluding hydrogens is 228 g/mol. The molecule has 0 saturated carbocycles. The minimum absolute atomic E-state index is 0.00231. The molecule has 0 heterocycles. The van der Waals surface area contributed by atoms with Crippen molar-refractivity contribution in [3.63, 3.8) is 0 Å². The Labute approximate surface area is 98.2 Å². The predicted octanol–water partition coefficient (Wildman–Crippen LogP) is 0.711. The van der Waals surface area contributed by atoms with Crippen LogP contribution in [0.4, 0.5) is 10.1 Å². The molecule has 1 rings (SSSR count). The molecule has 0 aliphatic rings. The molecule has 0 fully saturated rings. The fourth-order valence-electron chi connectivity index (χ4n) is 1.76. The van der Waals surface area contributed by atoms with Crippen LogP contribution in [0.2, 0.25) is 0 Å². The first-order valence-electron chi connectivity index (χ1n) is 4.99. The first-order chi connectivity index (χ1) is 7.66. The third kappa shape index (κ3) is 2.62. The summed E-state index contributed by atoms with van der Waals surface area (Å²) in [5.74, 6) is -0.982. The first-order valence-corrected chi connectivity index (χ1v) is 4.99. The summed E-state index contributed by atoms with van der Waals surface area (Å²) in [6, 6.07) is 2.01. The standard InChI is InChI=1S/C10H13BFNO4/c1-10(2,3)8-6(11(14)15)4-5-7(12)9(8)13(16)17/h4-5,14-15H,1-3H3. The van der Waals surface area contributed by atoms with Crippen LogP contribution in [0.15, 0.2) is 12.1 Å². The van der Waals surface area contributed by atoms with Gasteiger partial charge in [0.05, 0.1) is 4.92 Å². The van der Waals surface area contributed by atoms with E-state index in [0.29, 0.717) is 0 Å². The van der Waals surface area contributed by atoms with Crippen LogP contribution < -0.4 is 5.46 Å². The van der Waals surface area contributed by atoms with Crippen LogP contribution in [0.25, 0.3) is 0 Å². The van der Waals surface area contributed by atoms with Gasteiger partial charge in [0.1, 0.15) is 0 Å². The Balaban J connectivity index is 3.68. The minimum Gasteiger partial charge on any atom is -0.423 e. The minimum atomic E-state index is -1.87. The van der Waals surface area contributed by atoms with E-state index in [-0.39, 0.29) is 11.0 Å². The van der Waals surface area contributed by atoms with Crippen molar-refractivity contribution in [2.75, 3.05) is 0 Å². The van der Waals surface area contributed by atoms with E-state index in [1.54, 1.807) is 20.8 Å². The van der Waals surface area contributed by atoms with Crippen LogP contribution in [0.5, 0.6) is 0 Å². The second-order valence-corrected chi connectivity index (χ2v) is 4.74. The van der Waals surface area contributed by atoms with Gasteiger partial charge < -0.3 is 10.0 Å². The average Bonchev–Trinajstić information content (AvgIpc) is 2.14. The zero-order chi connectivity index (χ0) is 13.4. The maximum Gasteiger partial charge on any atom is 0.488 e. The molecule has 0 amide bonds. The molecule has 1 aromatic rings. The van der Waals surface area contributed by atoms with Crippen molar-refractivity contribution in [2.45, 2.75) is 26.2 Å². The summed E-state index contributed by atoms with van der Waals surface area (Å²) in [4.78, 5) is 10.0. The lowest BCUT2D eigenvalue weighted by Crippen LogP contribution is -2.38.